The molecule has 146 valence electrons. The molecule has 0 radical (unpaired) electrons. The Balaban J connectivity index is 1.51. The van der Waals surface area contributed by atoms with Crippen molar-refractivity contribution in [2.24, 2.45) is 4.99 Å². The molecule has 1 saturated heterocycles. The predicted octanol–water partition coefficient (Wildman–Crippen LogP) is 2.98. The fraction of sp³-hybridized carbons (Fsp3) is 0.524. The van der Waals surface area contributed by atoms with Crippen molar-refractivity contribution in [2.45, 2.75) is 46.1 Å². The Labute approximate surface area is 162 Å². The largest absolute Gasteiger partial charge is 0.369 e. The molecule has 1 aliphatic heterocycles. The van der Waals surface area contributed by atoms with Crippen LogP contribution in [0.1, 0.15) is 35.4 Å². The second-order valence-corrected chi connectivity index (χ2v) is 7.32. The van der Waals surface area contributed by atoms with Gasteiger partial charge in [0.25, 0.3) is 0 Å². The Morgan fingerprint density at radius 3 is 2.70 bits per heavy atom. The first-order valence-corrected chi connectivity index (χ1v) is 9.77. The van der Waals surface area contributed by atoms with E-state index < -0.39 is 0 Å². The van der Waals surface area contributed by atoms with Crippen LogP contribution in [0.5, 0.6) is 0 Å². The van der Waals surface area contributed by atoms with E-state index in [0.29, 0.717) is 6.04 Å². The molecule has 6 heteroatoms. The monoisotopic (exact) mass is 369 g/mol. The zero-order valence-corrected chi connectivity index (χ0v) is 16.9. The third kappa shape index (κ3) is 5.02. The van der Waals surface area contributed by atoms with E-state index in [0.717, 1.165) is 49.9 Å². The molecular formula is C21H31N5O. The van der Waals surface area contributed by atoms with E-state index in [-0.39, 0.29) is 0 Å². The van der Waals surface area contributed by atoms with Crippen LogP contribution in [0.25, 0.3) is 0 Å². The molecule has 2 heterocycles. The Morgan fingerprint density at radius 1 is 1.26 bits per heavy atom. The highest BCUT2D eigenvalue weighted by atomic mass is 16.5. The van der Waals surface area contributed by atoms with Crippen molar-refractivity contribution in [3.8, 4) is 0 Å². The van der Waals surface area contributed by atoms with E-state index in [1.807, 2.05) is 20.9 Å². The molecule has 0 spiro atoms. The number of nitrogens with zero attached hydrogens (tertiary/aromatic N) is 3. The Morgan fingerprint density at radius 2 is 2.04 bits per heavy atom. The van der Waals surface area contributed by atoms with E-state index in [2.05, 4.69) is 56.9 Å². The van der Waals surface area contributed by atoms with Crippen molar-refractivity contribution in [3.63, 3.8) is 0 Å². The van der Waals surface area contributed by atoms with Gasteiger partial charge in [0.05, 0.1) is 5.69 Å². The first kappa shape index (κ1) is 19.3. The van der Waals surface area contributed by atoms with E-state index in [1.165, 1.54) is 23.2 Å². The molecule has 1 aliphatic rings. The van der Waals surface area contributed by atoms with E-state index >= 15 is 0 Å². The summed E-state index contributed by atoms with van der Waals surface area (Å²) in [6.45, 7) is 8.98. The van der Waals surface area contributed by atoms with Gasteiger partial charge in [-0.15, -0.1) is 0 Å². The van der Waals surface area contributed by atoms with Gasteiger partial charge in [-0.25, -0.2) is 0 Å². The maximum Gasteiger partial charge on any atom is 0.191 e. The lowest BCUT2D eigenvalue weighted by Gasteiger charge is -2.35. The summed E-state index contributed by atoms with van der Waals surface area (Å²) >= 11 is 0. The van der Waals surface area contributed by atoms with Crippen molar-refractivity contribution in [1.29, 1.82) is 0 Å². The zero-order chi connectivity index (χ0) is 19.2. The third-order valence-electron chi connectivity index (χ3n) is 5.23. The summed E-state index contributed by atoms with van der Waals surface area (Å²) in [6, 6.07) is 9.19. The third-order valence-corrected chi connectivity index (χ3v) is 5.23. The lowest BCUT2D eigenvalue weighted by Crippen LogP contribution is -2.51. The van der Waals surface area contributed by atoms with Crippen molar-refractivity contribution < 1.29 is 4.52 Å². The number of hydrogen-bond donors (Lipinski definition) is 2. The first-order valence-electron chi connectivity index (χ1n) is 9.77. The number of guanidine groups is 1. The van der Waals surface area contributed by atoms with Crippen LogP contribution in [0.4, 0.5) is 5.69 Å². The number of hydrogen-bond acceptors (Lipinski definition) is 4. The normalized spacial score (nSPS) is 17.9. The first-order chi connectivity index (χ1) is 13.1. The summed E-state index contributed by atoms with van der Waals surface area (Å²) in [7, 11) is 1.83. The topological polar surface area (TPSA) is 65.7 Å². The molecule has 3 rings (SSSR count). The molecule has 0 saturated carbocycles. The van der Waals surface area contributed by atoms with Gasteiger partial charge in [-0.1, -0.05) is 22.9 Å². The minimum absolute atomic E-state index is 0.394. The Hall–Kier alpha value is -2.50. The van der Waals surface area contributed by atoms with Gasteiger partial charge < -0.3 is 20.1 Å². The van der Waals surface area contributed by atoms with Gasteiger partial charge in [-0.3, -0.25) is 4.99 Å². The number of anilines is 1. The molecule has 0 amide bonds. The summed E-state index contributed by atoms with van der Waals surface area (Å²) in [5, 5.41) is 11.0. The molecule has 1 aromatic heterocycles. The maximum absolute atomic E-state index is 5.23. The number of piperidine rings is 1. The molecule has 27 heavy (non-hydrogen) atoms. The van der Waals surface area contributed by atoms with E-state index in [1.54, 1.807) is 0 Å². The van der Waals surface area contributed by atoms with Crippen molar-refractivity contribution >= 4 is 11.6 Å². The number of aliphatic imine (C=N–C) groups is 1. The van der Waals surface area contributed by atoms with Crippen LogP contribution in [0, 0.1) is 20.8 Å². The molecule has 2 N–H and O–H groups in total. The van der Waals surface area contributed by atoms with Crippen molar-refractivity contribution in [2.75, 3.05) is 31.6 Å². The number of nitrogens with one attached hydrogen (secondary N) is 2. The average Bonchev–Trinajstić information content (AvgIpc) is 3.00. The van der Waals surface area contributed by atoms with Crippen LogP contribution in [-0.2, 0) is 6.42 Å². The van der Waals surface area contributed by atoms with Gasteiger partial charge in [-0.2, -0.15) is 0 Å². The summed E-state index contributed by atoms with van der Waals surface area (Å²) in [4.78, 5) is 6.85. The molecule has 1 unspecified atom stereocenters. The van der Waals surface area contributed by atoms with Crippen molar-refractivity contribution in [3.05, 3.63) is 46.8 Å². The second-order valence-electron chi connectivity index (χ2n) is 7.32. The Kier molecular flexibility index (Phi) is 6.37. The van der Waals surface area contributed by atoms with E-state index in [4.69, 9.17) is 4.52 Å². The lowest BCUT2D eigenvalue weighted by atomic mass is 10.0. The van der Waals surface area contributed by atoms with Gasteiger partial charge in [0.15, 0.2) is 5.96 Å². The molecule has 1 atom stereocenters. The minimum Gasteiger partial charge on any atom is -0.369 e. The maximum atomic E-state index is 5.23. The zero-order valence-electron chi connectivity index (χ0n) is 16.9. The highest BCUT2D eigenvalue weighted by molar-refractivity contribution is 5.80. The lowest BCUT2D eigenvalue weighted by molar-refractivity contribution is 0.392. The van der Waals surface area contributed by atoms with Crippen LogP contribution >= 0.6 is 0 Å². The number of rotatable bonds is 5. The quantitative estimate of drug-likeness (QED) is 0.627. The molecule has 1 aromatic carbocycles. The summed E-state index contributed by atoms with van der Waals surface area (Å²) in [5.41, 5.74) is 4.75. The second kappa shape index (κ2) is 8.93. The SMILES string of the molecule is CN=C(NCCc1c(C)noc1C)NC1CCCN(c2ccc(C)cc2)C1. The number of benzene rings is 1. The Bertz CT molecular complexity index is 746. The molecule has 6 nitrogen and oxygen atoms in total. The van der Waals surface area contributed by atoms with Crippen LogP contribution in [0.2, 0.25) is 0 Å². The molecule has 1 fully saturated rings. The van der Waals surface area contributed by atoms with Crippen molar-refractivity contribution in [1.82, 2.24) is 15.8 Å². The van der Waals surface area contributed by atoms with Crippen LogP contribution < -0.4 is 15.5 Å². The fourth-order valence-corrected chi connectivity index (χ4v) is 3.64. The van der Waals surface area contributed by atoms with Crippen LogP contribution in [-0.4, -0.2) is 43.8 Å². The number of aryl methyl sites for hydroxylation is 3. The predicted molar refractivity (Wildman–Crippen MR) is 111 cm³/mol. The molecule has 0 bridgehead atoms. The summed E-state index contributed by atoms with van der Waals surface area (Å²) < 4.78 is 5.23. The average molecular weight is 370 g/mol. The van der Waals surface area contributed by atoms with Crippen LogP contribution in [0.15, 0.2) is 33.8 Å². The number of aromatic nitrogens is 1. The van der Waals surface area contributed by atoms with Gasteiger partial charge in [0.2, 0.25) is 0 Å². The van der Waals surface area contributed by atoms with Gasteiger partial charge >= 0.3 is 0 Å². The molecule has 2 aromatic rings. The fourth-order valence-electron chi connectivity index (χ4n) is 3.64. The van der Waals surface area contributed by atoms with Gasteiger partial charge in [0, 0.05) is 44.0 Å². The summed E-state index contributed by atoms with van der Waals surface area (Å²) in [5.74, 6) is 1.76. The highest BCUT2D eigenvalue weighted by Crippen LogP contribution is 2.20. The highest BCUT2D eigenvalue weighted by Gasteiger charge is 2.21. The molecule has 0 aliphatic carbocycles. The van der Waals surface area contributed by atoms with Crippen LogP contribution in [0.3, 0.4) is 0 Å². The minimum atomic E-state index is 0.394. The summed E-state index contributed by atoms with van der Waals surface area (Å²) in [6.07, 6.45) is 3.22. The standard InChI is InChI=1S/C21H31N5O/c1-15-7-9-19(10-8-15)26-13-5-6-18(14-26)24-21(22-4)23-12-11-20-16(2)25-27-17(20)3/h7-10,18H,5-6,11-14H2,1-4H3,(H2,22,23,24). The van der Waals surface area contributed by atoms with Gasteiger partial charge in [0.1, 0.15) is 5.76 Å². The van der Waals surface area contributed by atoms with Gasteiger partial charge in [-0.05, 0) is 52.2 Å². The smallest absolute Gasteiger partial charge is 0.191 e. The molecular weight excluding hydrogens is 338 g/mol. The van der Waals surface area contributed by atoms with E-state index in [9.17, 15) is 0 Å².